The molecule has 0 N–H and O–H groups in total. The maximum atomic E-state index is 12.3. The van der Waals surface area contributed by atoms with Gasteiger partial charge in [-0.2, -0.15) is 11.8 Å². The largest absolute Gasteiger partial charge is 0.337 e. The number of thiophene rings is 1. The van der Waals surface area contributed by atoms with Crippen molar-refractivity contribution < 1.29 is 9.59 Å². The van der Waals surface area contributed by atoms with Crippen LogP contribution in [-0.2, 0) is 17.0 Å². The number of carbonyl (C=O) groups is 2. The molecule has 1 saturated heterocycles. The molecule has 1 amide bonds. The third kappa shape index (κ3) is 2.34. The number of Topliss-reactive ketones (excluding diaryl/α,β-unsaturated/α-hetero) is 1. The number of nitrogens with zero attached hydrogens (tertiary/aromatic N) is 1. The molecule has 0 radical (unpaired) electrons. The Morgan fingerprint density at radius 2 is 2.00 bits per heavy atom. The standard InChI is InChI=1S/C13H15NO2S2/c15-10-1-4-14(5-2-10)13(16)12-7-9-8-17-6-3-11(9)18-12/h7H,1-6,8H2. The van der Waals surface area contributed by atoms with Gasteiger partial charge >= 0.3 is 0 Å². The number of hydrogen-bond donors (Lipinski definition) is 0. The highest BCUT2D eigenvalue weighted by Crippen LogP contribution is 2.32. The van der Waals surface area contributed by atoms with Gasteiger partial charge in [-0.05, 0) is 23.8 Å². The summed E-state index contributed by atoms with van der Waals surface area (Å²) in [7, 11) is 0. The van der Waals surface area contributed by atoms with Crippen molar-refractivity contribution in [3.63, 3.8) is 0 Å². The number of fused-ring (bicyclic) bond motifs is 1. The van der Waals surface area contributed by atoms with Gasteiger partial charge in [0.15, 0.2) is 0 Å². The van der Waals surface area contributed by atoms with Crippen LogP contribution in [0.5, 0.6) is 0 Å². The molecule has 0 spiro atoms. The number of rotatable bonds is 1. The third-order valence-corrected chi connectivity index (χ3v) is 5.68. The Kier molecular flexibility index (Phi) is 3.43. The lowest BCUT2D eigenvalue weighted by Gasteiger charge is -2.25. The summed E-state index contributed by atoms with van der Waals surface area (Å²) in [5, 5.41) is 0. The summed E-state index contributed by atoms with van der Waals surface area (Å²) in [6.07, 6.45) is 2.13. The van der Waals surface area contributed by atoms with Gasteiger partial charge in [0.1, 0.15) is 5.78 Å². The average Bonchev–Trinajstić information content (AvgIpc) is 2.82. The van der Waals surface area contributed by atoms with Gasteiger partial charge in [0, 0.05) is 36.6 Å². The van der Waals surface area contributed by atoms with Crippen LogP contribution in [0.1, 0.15) is 33.0 Å². The second-order valence-electron chi connectivity index (χ2n) is 4.69. The van der Waals surface area contributed by atoms with Crippen molar-refractivity contribution in [3.05, 3.63) is 21.4 Å². The van der Waals surface area contributed by atoms with Gasteiger partial charge in [-0.25, -0.2) is 0 Å². The number of carbonyl (C=O) groups excluding carboxylic acids is 2. The predicted molar refractivity (Wildman–Crippen MR) is 74.3 cm³/mol. The Labute approximate surface area is 115 Å². The van der Waals surface area contributed by atoms with Crippen LogP contribution in [0.25, 0.3) is 0 Å². The maximum Gasteiger partial charge on any atom is 0.263 e. The van der Waals surface area contributed by atoms with E-state index in [0.29, 0.717) is 25.9 Å². The fraction of sp³-hybridized carbons (Fsp3) is 0.538. The summed E-state index contributed by atoms with van der Waals surface area (Å²) in [5.41, 5.74) is 1.34. The first-order valence-electron chi connectivity index (χ1n) is 6.24. The number of ketones is 1. The molecule has 18 heavy (non-hydrogen) atoms. The van der Waals surface area contributed by atoms with E-state index in [-0.39, 0.29) is 11.7 Å². The molecule has 2 aliphatic heterocycles. The topological polar surface area (TPSA) is 37.4 Å². The molecule has 3 rings (SSSR count). The van der Waals surface area contributed by atoms with Crippen LogP contribution in [-0.4, -0.2) is 35.4 Å². The molecule has 3 nitrogen and oxygen atoms in total. The van der Waals surface area contributed by atoms with Crippen molar-refractivity contribution in [1.82, 2.24) is 4.90 Å². The van der Waals surface area contributed by atoms with E-state index in [2.05, 4.69) is 6.07 Å². The molecule has 0 bridgehead atoms. The van der Waals surface area contributed by atoms with Crippen molar-refractivity contribution >= 4 is 34.8 Å². The van der Waals surface area contributed by atoms with Gasteiger partial charge in [-0.1, -0.05) is 0 Å². The van der Waals surface area contributed by atoms with Gasteiger partial charge in [0.2, 0.25) is 0 Å². The highest BCUT2D eigenvalue weighted by Gasteiger charge is 2.24. The number of hydrogen-bond acceptors (Lipinski definition) is 4. The molecule has 1 fully saturated rings. The Hall–Kier alpha value is -0.810. The van der Waals surface area contributed by atoms with E-state index >= 15 is 0 Å². The van der Waals surface area contributed by atoms with E-state index < -0.39 is 0 Å². The third-order valence-electron chi connectivity index (χ3n) is 3.45. The molecule has 0 atom stereocenters. The van der Waals surface area contributed by atoms with Crippen molar-refractivity contribution in [3.8, 4) is 0 Å². The van der Waals surface area contributed by atoms with Crippen LogP contribution >= 0.6 is 23.1 Å². The fourth-order valence-electron chi connectivity index (χ4n) is 2.37. The average molecular weight is 281 g/mol. The first-order valence-corrected chi connectivity index (χ1v) is 8.21. The SMILES string of the molecule is O=C1CCN(C(=O)c2cc3c(s2)CCSC3)CC1. The van der Waals surface area contributed by atoms with Crippen LogP contribution in [0.3, 0.4) is 0 Å². The number of thioether (sulfide) groups is 1. The number of likely N-dealkylation sites (tertiary alicyclic amines) is 1. The van der Waals surface area contributed by atoms with E-state index in [1.807, 2.05) is 16.7 Å². The normalized spacial score (nSPS) is 19.8. The molecule has 96 valence electrons. The molecule has 0 aromatic carbocycles. The number of aryl methyl sites for hydroxylation is 1. The Balaban J connectivity index is 1.75. The minimum absolute atomic E-state index is 0.118. The summed E-state index contributed by atoms with van der Waals surface area (Å²) >= 11 is 3.58. The van der Waals surface area contributed by atoms with Crippen LogP contribution in [0.4, 0.5) is 0 Å². The molecule has 0 unspecified atom stereocenters. The summed E-state index contributed by atoms with van der Waals surface area (Å²) in [5.74, 6) is 2.60. The quantitative estimate of drug-likeness (QED) is 0.793. The van der Waals surface area contributed by atoms with Crippen molar-refractivity contribution in [2.45, 2.75) is 25.0 Å². The van der Waals surface area contributed by atoms with E-state index in [1.54, 1.807) is 11.3 Å². The summed E-state index contributed by atoms with van der Waals surface area (Å²) in [4.78, 5) is 27.6. The second kappa shape index (κ2) is 5.05. The first kappa shape index (κ1) is 12.2. The zero-order valence-corrected chi connectivity index (χ0v) is 11.7. The smallest absolute Gasteiger partial charge is 0.263 e. The highest BCUT2D eigenvalue weighted by molar-refractivity contribution is 7.98. The van der Waals surface area contributed by atoms with Crippen LogP contribution < -0.4 is 0 Å². The van der Waals surface area contributed by atoms with E-state index in [9.17, 15) is 9.59 Å². The lowest BCUT2D eigenvalue weighted by Crippen LogP contribution is -2.38. The Morgan fingerprint density at radius 3 is 2.72 bits per heavy atom. The highest BCUT2D eigenvalue weighted by atomic mass is 32.2. The second-order valence-corrected chi connectivity index (χ2v) is 6.93. The monoisotopic (exact) mass is 281 g/mol. The van der Waals surface area contributed by atoms with Crippen molar-refractivity contribution in [2.24, 2.45) is 0 Å². The molecule has 3 heterocycles. The minimum atomic E-state index is 0.118. The number of amides is 1. The zero-order chi connectivity index (χ0) is 12.5. The lowest BCUT2D eigenvalue weighted by molar-refractivity contribution is -0.120. The lowest BCUT2D eigenvalue weighted by atomic mass is 10.1. The zero-order valence-electron chi connectivity index (χ0n) is 10.1. The van der Waals surface area contributed by atoms with Gasteiger partial charge in [0.05, 0.1) is 4.88 Å². The van der Waals surface area contributed by atoms with E-state index in [0.717, 1.165) is 17.1 Å². The minimum Gasteiger partial charge on any atom is -0.337 e. The summed E-state index contributed by atoms with van der Waals surface area (Å²) in [6.45, 7) is 1.18. The Morgan fingerprint density at radius 1 is 1.22 bits per heavy atom. The fourth-order valence-corrected chi connectivity index (χ4v) is 4.71. The van der Waals surface area contributed by atoms with Gasteiger partial charge in [-0.15, -0.1) is 11.3 Å². The van der Waals surface area contributed by atoms with Crippen molar-refractivity contribution in [1.29, 1.82) is 0 Å². The maximum absolute atomic E-state index is 12.3. The molecule has 2 aliphatic rings. The summed E-state index contributed by atoms with van der Waals surface area (Å²) < 4.78 is 0. The van der Waals surface area contributed by atoms with Gasteiger partial charge < -0.3 is 4.90 Å². The first-order chi connectivity index (χ1) is 8.74. The van der Waals surface area contributed by atoms with Crippen LogP contribution in [0.2, 0.25) is 0 Å². The number of piperidine rings is 1. The molecule has 0 saturated carbocycles. The molecular formula is C13H15NO2S2. The molecule has 1 aromatic rings. The van der Waals surface area contributed by atoms with E-state index in [1.165, 1.54) is 16.2 Å². The van der Waals surface area contributed by atoms with Crippen molar-refractivity contribution in [2.75, 3.05) is 18.8 Å². The molecule has 1 aromatic heterocycles. The Bertz CT molecular complexity index is 462. The van der Waals surface area contributed by atoms with Crippen LogP contribution in [0.15, 0.2) is 6.07 Å². The van der Waals surface area contributed by atoms with Gasteiger partial charge in [-0.3, -0.25) is 9.59 Å². The van der Waals surface area contributed by atoms with Crippen LogP contribution in [0, 0.1) is 0 Å². The summed E-state index contributed by atoms with van der Waals surface area (Å²) in [6, 6.07) is 2.06. The predicted octanol–water partition coefficient (Wildman–Crippen LogP) is 2.34. The molecule has 0 aliphatic carbocycles. The molecular weight excluding hydrogens is 266 g/mol. The van der Waals surface area contributed by atoms with Gasteiger partial charge in [0.25, 0.3) is 5.91 Å². The molecule has 5 heteroatoms. The van der Waals surface area contributed by atoms with E-state index in [4.69, 9.17) is 0 Å².